The van der Waals surface area contributed by atoms with E-state index < -0.39 is 0 Å². The molecule has 0 aliphatic rings. The van der Waals surface area contributed by atoms with Crippen LogP contribution in [0.25, 0.3) is 0 Å². The van der Waals surface area contributed by atoms with Crippen LogP contribution in [0.2, 0.25) is 0 Å². The van der Waals surface area contributed by atoms with Crippen molar-refractivity contribution in [2.45, 2.75) is 45.3 Å². The van der Waals surface area contributed by atoms with Gasteiger partial charge in [0.15, 0.2) is 0 Å². The molecule has 0 saturated carbocycles. The molecule has 0 saturated heterocycles. The number of ether oxygens (including phenoxy) is 1. The van der Waals surface area contributed by atoms with E-state index in [2.05, 4.69) is 26.1 Å². The van der Waals surface area contributed by atoms with E-state index in [-0.39, 0.29) is 18.2 Å². The van der Waals surface area contributed by atoms with Gasteiger partial charge in [0, 0.05) is 12.6 Å². The van der Waals surface area contributed by atoms with Gasteiger partial charge in [-0.05, 0) is 33.7 Å². The van der Waals surface area contributed by atoms with Crippen molar-refractivity contribution in [2.24, 2.45) is 0 Å². The van der Waals surface area contributed by atoms with E-state index in [4.69, 9.17) is 9.84 Å². The van der Waals surface area contributed by atoms with Gasteiger partial charge >= 0.3 is 0 Å². The summed E-state index contributed by atoms with van der Waals surface area (Å²) in [5.41, 5.74) is -0.0510. The number of likely N-dealkylation sites (N-methyl/N-ethyl adjacent to an activating group) is 1. The molecule has 3 heteroatoms. The van der Waals surface area contributed by atoms with Crippen LogP contribution in [0.15, 0.2) is 0 Å². The Kier molecular flexibility index (Phi) is 6.29. The number of nitrogens with one attached hydrogen (secondary N) is 1. The fourth-order valence-corrected chi connectivity index (χ4v) is 0.895. The number of aliphatic hydroxyl groups is 1. The number of aliphatic hydroxyl groups excluding tert-OH is 1. The maximum absolute atomic E-state index is 8.76. The Hall–Kier alpha value is -0.120. The van der Waals surface area contributed by atoms with Gasteiger partial charge in [-0.25, -0.2) is 0 Å². The van der Waals surface area contributed by atoms with Gasteiger partial charge in [-0.2, -0.15) is 0 Å². The van der Waals surface area contributed by atoms with Gasteiger partial charge in [-0.3, -0.25) is 0 Å². The lowest BCUT2D eigenvalue weighted by molar-refractivity contribution is -0.0318. The maximum atomic E-state index is 8.76. The quantitative estimate of drug-likeness (QED) is 0.631. The van der Waals surface area contributed by atoms with Gasteiger partial charge in [0.1, 0.15) is 0 Å². The largest absolute Gasteiger partial charge is 0.396 e. The second-order valence-corrected chi connectivity index (χ2v) is 3.92. The Morgan fingerprint density at radius 2 is 2.08 bits per heavy atom. The Bertz CT molecular complexity index is 126. The summed E-state index contributed by atoms with van der Waals surface area (Å²) >= 11 is 0. The molecule has 0 heterocycles. The fourth-order valence-electron chi connectivity index (χ4n) is 0.895. The second kappa shape index (κ2) is 6.35. The van der Waals surface area contributed by atoms with Crippen molar-refractivity contribution >= 4 is 0 Å². The number of hydrogen-bond donors (Lipinski definition) is 2. The molecule has 1 unspecified atom stereocenters. The lowest BCUT2D eigenvalue weighted by atomic mass is 10.1. The van der Waals surface area contributed by atoms with Crippen LogP contribution in [-0.2, 0) is 4.74 Å². The first-order valence-electron chi connectivity index (χ1n) is 4.97. The van der Waals surface area contributed by atoms with E-state index in [0.29, 0.717) is 6.61 Å². The topological polar surface area (TPSA) is 41.5 Å². The summed E-state index contributed by atoms with van der Waals surface area (Å²) in [7, 11) is 1.89. The van der Waals surface area contributed by atoms with Gasteiger partial charge in [-0.15, -0.1) is 0 Å². The van der Waals surface area contributed by atoms with Crippen LogP contribution in [0.1, 0.15) is 33.6 Å². The minimum atomic E-state index is -0.0510. The third-order valence-electron chi connectivity index (χ3n) is 2.41. The van der Waals surface area contributed by atoms with Crippen LogP contribution >= 0.6 is 0 Å². The normalized spacial score (nSPS) is 14.5. The van der Waals surface area contributed by atoms with Crippen molar-refractivity contribution in [1.82, 2.24) is 5.32 Å². The zero-order valence-corrected chi connectivity index (χ0v) is 9.26. The molecule has 80 valence electrons. The lowest BCUT2D eigenvalue weighted by Crippen LogP contribution is -2.36. The summed E-state index contributed by atoms with van der Waals surface area (Å²) in [6.07, 6.45) is 1.75. The highest BCUT2D eigenvalue weighted by molar-refractivity contribution is 4.69. The van der Waals surface area contributed by atoms with E-state index in [9.17, 15) is 0 Å². The van der Waals surface area contributed by atoms with E-state index in [1.165, 1.54) is 0 Å². The van der Waals surface area contributed by atoms with Crippen molar-refractivity contribution < 1.29 is 9.84 Å². The monoisotopic (exact) mass is 189 g/mol. The molecule has 0 aromatic rings. The summed E-state index contributed by atoms with van der Waals surface area (Å²) in [5, 5.41) is 11.9. The zero-order chi connectivity index (χ0) is 10.3. The summed E-state index contributed by atoms with van der Waals surface area (Å²) in [6.45, 7) is 7.15. The van der Waals surface area contributed by atoms with Gasteiger partial charge in [0.2, 0.25) is 0 Å². The van der Waals surface area contributed by atoms with Gasteiger partial charge in [0.25, 0.3) is 0 Å². The second-order valence-electron chi connectivity index (χ2n) is 3.92. The molecule has 1 atom stereocenters. The summed E-state index contributed by atoms with van der Waals surface area (Å²) < 4.78 is 5.71. The van der Waals surface area contributed by atoms with E-state index in [0.717, 1.165) is 12.8 Å². The van der Waals surface area contributed by atoms with Gasteiger partial charge in [0.05, 0.1) is 12.2 Å². The molecule has 13 heavy (non-hydrogen) atoms. The minimum absolute atomic E-state index is 0.0510. The highest BCUT2D eigenvalue weighted by Gasteiger charge is 2.17. The Labute approximate surface area is 81.5 Å². The third-order valence-corrected chi connectivity index (χ3v) is 2.41. The predicted octanol–water partition coefficient (Wildman–Crippen LogP) is 1.16. The molecule has 0 amide bonds. The summed E-state index contributed by atoms with van der Waals surface area (Å²) in [4.78, 5) is 0. The molecule has 2 N–H and O–H groups in total. The van der Waals surface area contributed by atoms with E-state index in [1.807, 2.05) is 7.05 Å². The van der Waals surface area contributed by atoms with Crippen molar-refractivity contribution in [3.8, 4) is 0 Å². The molecule has 0 aliphatic heterocycles. The summed E-state index contributed by atoms with van der Waals surface area (Å²) in [5.74, 6) is 0. The summed E-state index contributed by atoms with van der Waals surface area (Å²) in [6, 6.07) is 0.260. The van der Waals surface area contributed by atoms with Crippen LogP contribution < -0.4 is 5.32 Å². The Morgan fingerprint density at radius 3 is 2.46 bits per heavy atom. The van der Waals surface area contributed by atoms with Gasteiger partial charge in [-0.1, -0.05) is 6.92 Å². The highest BCUT2D eigenvalue weighted by Crippen LogP contribution is 2.13. The Balaban J connectivity index is 3.70. The average molecular weight is 189 g/mol. The third kappa shape index (κ3) is 6.02. The highest BCUT2D eigenvalue weighted by atomic mass is 16.5. The smallest absolute Gasteiger partial charge is 0.0627 e. The molecular weight excluding hydrogens is 166 g/mol. The number of rotatable bonds is 7. The van der Waals surface area contributed by atoms with Crippen molar-refractivity contribution in [3.05, 3.63) is 0 Å². The molecule has 0 aromatic carbocycles. The number of hydrogen-bond acceptors (Lipinski definition) is 3. The first-order chi connectivity index (χ1) is 6.05. The van der Waals surface area contributed by atoms with E-state index >= 15 is 0 Å². The first kappa shape index (κ1) is 12.9. The van der Waals surface area contributed by atoms with Crippen molar-refractivity contribution in [1.29, 1.82) is 0 Å². The molecule has 0 rings (SSSR count). The zero-order valence-electron chi connectivity index (χ0n) is 9.26. The molecular formula is C10H23NO2. The molecule has 0 aromatic heterocycles. The molecule has 0 fully saturated rings. The van der Waals surface area contributed by atoms with Crippen LogP contribution in [-0.4, -0.2) is 37.0 Å². The molecule has 3 nitrogen and oxygen atoms in total. The maximum Gasteiger partial charge on any atom is 0.0627 e. The fraction of sp³-hybridized carbons (Fsp3) is 1.00. The average Bonchev–Trinajstić information content (AvgIpc) is 2.12. The van der Waals surface area contributed by atoms with E-state index in [1.54, 1.807) is 0 Å². The van der Waals surface area contributed by atoms with Crippen LogP contribution in [0.4, 0.5) is 0 Å². The predicted molar refractivity (Wildman–Crippen MR) is 54.9 cm³/mol. The van der Waals surface area contributed by atoms with Crippen LogP contribution in [0.3, 0.4) is 0 Å². The van der Waals surface area contributed by atoms with Crippen LogP contribution in [0, 0.1) is 0 Å². The van der Waals surface area contributed by atoms with Crippen LogP contribution in [0.5, 0.6) is 0 Å². The molecule has 0 aliphatic carbocycles. The standard InChI is InChI=1S/C10H23NO2/c1-5-10(2,3)13-8-9(11-4)6-7-12/h9,11-12H,5-8H2,1-4H3. The molecule has 0 radical (unpaired) electrons. The molecule has 0 spiro atoms. The Morgan fingerprint density at radius 1 is 1.46 bits per heavy atom. The first-order valence-corrected chi connectivity index (χ1v) is 4.97. The van der Waals surface area contributed by atoms with Crippen molar-refractivity contribution in [3.63, 3.8) is 0 Å². The van der Waals surface area contributed by atoms with Gasteiger partial charge < -0.3 is 15.2 Å². The SMILES string of the molecule is CCC(C)(C)OCC(CCO)NC. The lowest BCUT2D eigenvalue weighted by Gasteiger charge is -2.26. The molecule has 0 bridgehead atoms. The van der Waals surface area contributed by atoms with Crippen molar-refractivity contribution in [2.75, 3.05) is 20.3 Å². The minimum Gasteiger partial charge on any atom is -0.396 e.